The number of halogens is 4. The van der Waals surface area contributed by atoms with Crippen LogP contribution in [0.15, 0.2) is 66.9 Å². The lowest BCUT2D eigenvalue weighted by molar-refractivity contribution is -0.135. The summed E-state index contributed by atoms with van der Waals surface area (Å²) < 4.78 is 32.9. The van der Waals surface area contributed by atoms with Gasteiger partial charge >= 0.3 is 6.09 Å². The maximum absolute atomic E-state index is 14.0. The third kappa shape index (κ3) is 6.41. The Morgan fingerprint density at radius 1 is 1.07 bits per heavy atom. The quantitative estimate of drug-likeness (QED) is 0.326. The molecule has 41 heavy (non-hydrogen) atoms. The molecule has 2 fully saturated rings. The van der Waals surface area contributed by atoms with Gasteiger partial charge in [-0.15, -0.1) is 11.6 Å². The van der Waals surface area contributed by atoms with Gasteiger partial charge in [-0.2, -0.15) is 0 Å². The Bertz CT molecular complexity index is 1380. The van der Waals surface area contributed by atoms with Crippen LogP contribution in [0.5, 0.6) is 5.75 Å². The van der Waals surface area contributed by atoms with Crippen LogP contribution in [0.25, 0.3) is 0 Å². The molecular weight excluding hydrogens is 573 g/mol. The van der Waals surface area contributed by atoms with Crippen molar-refractivity contribution in [3.63, 3.8) is 0 Å². The zero-order chi connectivity index (χ0) is 29.1. The molecule has 0 aliphatic carbocycles. The number of pyridine rings is 1. The Morgan fingerprint density at radius 3 is 2.51 bits per heavy atom. The van der Waals surface area contributed by atoms with Crippen LogP contribution in [0.2, 0.25) is 5.02 Å². The molecule has 0 radical (unpaired) electrons. The molecule has 0 N–H and O–H groups in total. The van der Waals surface area contributed by atoms with Gasteiger partial charge in [0.1, 0.15) is 23.2 Å². The molecular formula is C30H30Cl2F2N4O3. The van der Waals surface area contributed by atoms with E-state index in [0.717, 1.165) is 5.82 Å². The maximum Gasteiger partial charge on any atom is 0.415 e. The first kappa shape index (κ1) is 29.1. The van der Waals surface area contributed by atoms with Gasteiger partial charge in [0.2, 0.25) is 5.91 Å². The predicted molar refractivity (Wildman–Crippen MR) is 154 cm³/mol. The van der Waals surface area contributed by atoms with Crippen LogP contribution in [0.1, 0.15) is 24.8 Å². The van der Waals surface area contributed by atoms with Crippen molar-refractivity contribution >= 4 is 41.0 Å². The number of rotatable bonds is 6. The van der Waals surface area contributed by atoms with E-state index < -0.39 is 35.1 Å². The van der Waals surface area contributed by atoms with Gasteiger partial charge in [-0.3, -0.25) is 4.79 Å². The molecule has 3 aromatic rings. The maximum atomic E-state index is 14.0. The normalized spacial score (nSPS) is 22.5. The van der Waals surface area contributed by atoms with Gasteiger partial charge in [-0.05, 0) is 67.4 Å². The number of hydrogen-bond acceptors (Lipinski definition) is 5. The van der Waals surface area contributed by atoms with Crippen LogP contribution in [0.3, 0.4) is 0 Å². The molecule has 2 aliphatic rings. The summed E-state index contributed by atoms with van der Waals surface area (Å²) in [6.45, 7) is 3.76. The highest BCUT2D eigenvalue weighted by molar-refractivity contribution is 6.30. The summed E-state index contributed by atoms with van der Waals surface area (Å²) in [7, 11) is 0. The van der Waals surface area contributed by atoms with Crippen LogP contribution >= 0.6 is 23.2 Å². The average molecular weight is 603 g/mol. The van der Waals surface area contributed by atoms with Crippen LogP contribution in [0.4, 0.5) is 19.4 Å². The molecule has 2 aliphatic heterocycles. The summed E-state index contributed by atoms with van der Waals surface area (Å²) >= 11 is 12.9. The molecule has 0 spiro atoms. The summed E-state index contributed by atoms with van der Waals surface area (Å²) in [4.78, 5) is 36.9. The minimum atomic E-state index is -0.629. The molecule has 0 bridgehead atoms. The van der Waals surface area contributed by atoms with E-state index in [1.165, 1.54) is 36.4 Å². The highest BCUT2D eigenvalue weighted by atomic mass is 35.5. The number of piperidine rings is 1. The molecule has 3 heterocycles. The summed E-state index contributed by atoms with van der Waals surface area (Å²) in [6.07, 6.45) is 1.65. The predicted octanol–water partition coefficient (Wildman–Crippen LogP) is 5.96. The first-order valence-corrected chi connectivity index (χ1v) is 14.3. The first-order chi connectivity index (χ1) is 19.7. The fraction of sp³-hybridized carbons (Fsp3) is 0.367. The minimum Gasteiger partial charge on any atom is -0.410 e. The average Bonchev–Trinajstić information content (AvgIpc) is 3.41. The number of anilines is 1. The number of likely N-dealkylation sites (tertiary alicyclic amines) is 1. The SMILES string of the molecule is CCN(C(=O)Oc1ccc(F)cc1)[C@@H]1CN(C(=O)C2CCN(c3ccccn3)CC2Cl)C[C@H]1c1ccc(F)c(Cl)c1. The van der Waals surface area contributed by atoms with Gasteiger partial charge < -0.3 is 19.4 Å². The standard InChI is InChI=1S/C30H30Cl2F2N4O3/c1-2-38(30(40)41-21-9-7-20(33)8-10-21)27-18-37(16-23(27)19-6-11-26(34)24(31)15-19)29(39)22-12-14-36(17-25(22)32)28-5-3-4-13-35-28/h3-11,13,15,22-23,25,27H,2,12,14,16-18H2,1H3/t22?,23-,25?,27+/m0/s1. The highest BCUT2D eigenvalue weighted by Gasteiger charge is 2.45. The lowest BCUT2D eigenvalue weighted by Gasteiger charge is -2.37. The van der Waals surface area contributed by atoms with Crippen molar-refractivity contribution in [2.75, 3.05) is 37.6 Å². The molecule has 1 aromatic heterocycles. The Kier molecular flexibility index (Phi) is 8.94. The number of alkyl halides is 1. The van der Waals surface area contributed by atoms with Gasteiger partial charge in [0.25, 0.3) is 0 Å². The summed E-state index contributed by atoms with van der Waals surface area (Å²) in [5, 5.41) is -0.465. The van der Waals surface area contributed by atoms with E-state index in [1.54, 1.807) is 22.1 Å². The Hall–Kier alpha value is -3.43. The fourth-order valence-electron chi connectivity index (χ4n) is 5.68. The Labute approximate surface area is 247 Å². The van der Waals surface area contributed by atoms with Crippen LogP contribution in [-0.4, -0.2) is 70.9 Å². The van der Waals surface area contributed by atoms with Gasteiger partial charge in [0.15, 0.2) is 0 Å². The second kappa shape index (κ2) is 12.6. The molecule has 11 heteroatoms. The second-order valence-corrected chi connectivity index (χ2v) is 11.2. The Balaban J connectivity index is 1.36. The number of benzene rings is 2. The van der Waals surface area contributed by atoms with E-state index in [1.807, 2.05) is 25.1 Å². The van der Waals surface area contributed by atoms with E-state index in [4.69, 9.17) is 27.9 Å². The largest absolute Gasteiger partial charge is 0.415 e. The molecule has 2 unspecified atom stereocenters. The van der Waals surface area contributed by atoms with Crippen LogP contribution in [0, 0.1) is 17.6 Å². The van der Waals surface area contributed by atoms with Gasteiger partial charge in [-0.1, -0.05) is 23.7 Å². The van der Waals surface area contributed by atoms with E-state index in [2.05, 4.69) is 9.88 Å². The number of likely N-dealkylation sites (N-methyl/N-ethyl adjacent to an activating group) is 1. The van der Waals surface area contributed by atoms with Gasteiger partial charge in [-0.25, -0.2) is 18.6 Å². The molecule has 2 aromatic carbocycles. The number of carbonyl (C=O) groups is 2. The first-order valence-electron chi connectivity index (χ1n) is 13.5. The number of ether oxygens (including phenoxy) is 1. The van der Waals surface area contributed by atoms with E-state index >= 15 is 0 Å². The number of hydrogen-bond donors (Lipinski definition) is 0. The molecule has 4 atom stereocenters. The smallest absolute Gasteiger partial charge is 0.410 e. The molecule has 216 valence electrons. The summed E-state index contributed by atoms with van der Waals surface area (Å²) in [5.74, 6) is -0.823. The lowest BCUT2D eigenvalue weighted by Crippen LogP contribution is -2.49. The van der Waals surface area contributed by atoms with Crippen LogP contribution in [-0.2, 0) is 4.79 Å². The molecule has 2 saturated heterocycles. The van der Waals surface area contributed by atoms with Gasteiger partial charge in [0.05, 0.1) is 22.4 Å². The zero-order valence-corrected chi connectivity index (χ0v) is 23.9. The van der Waals surface area contributed by atoms with Crippen molar-refractivity contribution in [1.82, 2.24) is 14.8 Å². The van der Waals surface area contributed by atoms with Crippen molar-refractivity contribution in [2.24, 2.45) is 5.92 Å². The van der Waals surface area contributed by atoms with Crippen molar-refractivity contribution < 1.29 is 23.1 Å². The van der Waals surface area contributed by atoms with Crippen molar-refractivity contribution in [1.29, 1.82) is 0 Å². The minimum absolute atomic E-state index is 0.0364. The monoisotopic (exact) mass is 602 g/mol. The number of aromatic nitrogens is 1. The lowest BCUT2D eigenvalue weighted by atomic mass is 9.93. The summed E-state index contributed by atoms with van der Waals surface area (Å²) in [6, 6.07) is 14.8. The molecule has 7 nitrogen and oxygen atoms in total. The van der Waals surface area contributed by atoms with Crippen molar-refractivity contribution in [3.8, 4) is 5.75 Å². The summed E-state index contributed by atoms with van der Waals surface area (Å²) in [5.41, 5.74) is 0.706. The molecule has 0 saturated carbocycles. The molecule has 5 rings (SSSR count). The zero-order valence-electron chi connectivity index (χ0n) is 22.4. The molecule has 2 amide bonds. The highest BCUT2D eigenvalue weighted by Crippen LogP contribution is 2.36. The van der Waals surface area contributed by atoms with Gasteiger partial charge in [0, 0.05) is 44.8 Å². The van der Waals surface area contributed by atoms with E-state index in [9.17, 15) is 18.4 Å². The van der Waals surface area contributed by atoms with E-state index in [-0.39, 0.29) is 29.1 Å². The number of carbonyl (C=O) groups excluding carboxylic acids is 2. The third-order valence-corrected chi connectivity index (χ3v) is 8.53. The third-order valence-electron chi connectivity index (χ3n) is 7.80. The fourth-order valence-corrected chi connectivity index (χ4v) is 6.27. The second-order valence-electron chi connectivity index (χ2n) is 10.2. The number of amides is 2. The number of nitrogens with zero attached hydrogens (tertiary/aromatic N) is 4. The van der Waals surface area contributed by atoms with Crippen molar-refractivity contribution in [2.45, 2.75) is 30.7 Å². The van der Waals surface area contributed by atoms with E-state index in [0.29, 0.717) is 38.2 Å². The Morgan fingerprint density at radius 2 is 1.85 bits per heavy atom. The van der Waals surface area contributed by atoms with Crippen LogP contribution < -0.4 is 9.64 Å². The topological polar surface area (TPSA) is 66.0 Å². The van der Waals surface area contributed by atoms with Crippen molar-refractivity contribution in [3.05, 3.63) is 89.1 Å².